The van der Waals surface area contributed by atoms with E-state index in [1.807, 2.05) is 22.4 Å². The fourth-order valence-corrected chi connectivity index (χ4v) is 4.36. The van der Waals surface area contributed by atoms with Gasteiger partial charge >= 0.3 is 0 Å². The van der Waals surface area contributed by atoms with Gasteiger partial charge in [0.1, 0.15) is 0 Å². The van der Waals surface area contributed by atoms with Crippen LogP contribution in [0.4, 0.5) is 0 Å². The summed E-state index contributed by atoms with van der Waals surface area (Å²) in [4.78, 5) is 30.3. The monoisotopic (exact) mass is 391 g/mol. The van der Waals surface area contributed by atoms with Crippen LogP contribution in [0.15, 0.2) is 29.6 Å². The van der Waals surface area contributed by atoms with Crippen molar-refractivity contribution in [3.05, 3.63) is 50.9 Å². The van der Waals surface area contributed by atoms with Gasteiger partial charge in [-0.1, -0.05) is 23.7 Å². The third-order valence-corrected chi connectivity index (χ3v) is 5.87. The topological polar surface area (TPSA) is 62.3 Å². The van der Waals surface area contributed by atoms with E-state index in [0.29, 0.717) is 23.7 Å². The van der Waals surface area contributed by atoms with Crippen LogP contribution in [0.5, 0.6) is 0 Å². The maximum atomic E-state index is 12.8. The number of likely N-dealkylation sites (tertiary alicyclic amines) is 1. The Balaban J connectivity index is 1.63. The minimum absolute atomic E-state index is 0.0114. The van der Waals surface area contributed by atoms with Crippen LogP contribution in [-0.2, 0) is 11.2 Å². The van der Waals surface area contributed by atoms with E-state index in [2.05, 4.69) is 5.32 Å². The molecular formula is C19H22ClN3O2S. The Bertz CT molecular complexity index is 793. The van der Waals surface area contributed by atoms with Gasteiger partial charge in [-0.05, 0) is 25.0 Å². The van der Waals surface area contributed by atoms with E-state index in [9.17, 15) is 9.59 Å². The zero-order valence-electron chi connectivity index (χ0n) is 14.7. The number of hydrogen-bond donors (Lipinski definition) is 1. The van der Waals surface area contributed by atoms with Gasteiger partial charge in [-0.3, -0.25) is 9.59 Å². The zero-order chi connectivity index (χ0) is 18.5. The van der Waals surface area contributed by atoms with Gasteiger partial charge in [-0.25, -0.2) is 4.98 Å². The zero-order valence-corrected chi connectivity index (χ0v) is 16.3. The maximum absolute atomic E-state index is 12.8. The van der Waals surface area contributed by atoms with Crippen molar-refractivity contribution < 1.29 is 9.59 Å². The van der Waals surface area contributed by atoms with Crippen LogP contribution in [0.25, 0.3) is 0 Å². The molecule has 1 saturated heterocycles. The molecule has 1 atom stereocenters. The van der Waals surface area contributed by atoms with Crippen LogP contribution in [-0.4, -0.2) is 41.3 Å². The first kappa shape index (κ1) is 18.9. The van der Waals surface area contributed by atoms with Crippen LogP contribution in [0, 0.1) is 0 Å². The summed E-state index contributed by atoms with van der Waals surface area (Å²) in [6.07, 6.45) is 2.72. The molecule has 0 aliphatic carbocycles. The summed E-state index contributed by atoms with van der Waals surface area (Å²) in [5.41, 5.74) is 1.55. The third-order valence-electron chi connectivity index (χ3n) is 4.49. The lowest BCUT2D eigenvalue weighted by Gasteiger charge is -2.32. The lowest BCUT2D eigenvalue weighted by atomic mass is 9.98. The maximum Gasteiger partial charge on any atom is 0.255 e. The molecule has 1 fully saturated rings. The van der Waals surface area contributed by atoms with Crippen LogP contribution < -0.4 is 5.32 Å². The molecule has 7 heteroatoms. The molecule has 26 heavy (non-hydrogen) atoms. The SMILES string of the molecule is CC(=O)NCCc1csc([C@H]2CCCN(C(=O)c3ccccc3Cl)C2)n1. The standard InChI is InChI=1S/C19H22ClN3O2S/c1-13(24)21-9-8-15-12-26-18(22-15)14-5-4-10-23(11-14)19(25)16-6-2-3-7-17(16)20/h2-3,6-7,12,14H,4-5,8-11H2,1H3,(H,21,24)/t14-/m0/s1. The van der Waals surface area contributed by atoms with Gasteiger partial charge in [0.05, 0.1) is 21.3 Å². The number of carbonyl (C=O) groups is 2. The number of nitrogens with one attached hydrogen (secondary N) is 1. The quantitative estimate of drug-likeness (QED) is 0.848. The van der Waals surface area contributed by atoms with Crippen LogP contribution in [0.3, 0.4) is 0 Å². The lowest BCUT2D eigenvalue weighted by Crippen LogP contribution is -2.39. The van der Waals surface area contributed by atoms with E-state index in [-0.39, 0.29) is 17.7 Å². The Labute approximate surface area is 162 Å². The second kappa shape index (κ2) is 8.64. The van der Waals surface area contributed by atoms with E-state index in [1.165, 1.54) is 6.92 Å². The van der Waals surface area contributed by atoms with Crippen molar-refractivity contribution in [3.63, 3.8) is 0 Å². The van der Waals surface area contributed by atoms with Crippen molar-refractivity contribution in [2.24, 2.45) is 0 Å². The largest absolute Gasteiger partial charge is 0.356 e. The van der Waals surface area contributed by atoms with Crippen LogP contribution in [0.2, 0.25) is 5.02 Å². The highest BCUT2D eigenvalue weighted by atomic mass is 35.5. The van der Waals surface area contributed by atoms with E-state index >= 15 is 0 Å². The van der Waals surface area contributed by atoms with Crippen molar-refractivity contribution in [1.82, 2.24) is 15.2 Å². The molecule has 0 saturated carbocycles. The molecule has 1 aliphatic rings. The molecule has 2 heterocycles. The van der Waals surface area contributed by atoms with E-state index in [1.54, 1.807) is 23.5 Å². The Morgan fingerprint density at radius 1 is 1.38 bits per heavy atom. The number of thiazole rings is 1. The fourth-order valence-electron chi connectivity index (χ4n) is 3.16. The van der Waals surface area contributed by atoms with Gasteiger partial charge in [0.25, 0.3) is 5.91 Å². The first-order chi connectivity index (χ1) is 12.5. The molecule has 1 N–H and O–H groups in total. The van der Waals surface area contributed by atoms with E-state index in [4.69, 9.17) is 16.6 Å². The number of nitrogens with zero attached hydrogens (tertiary/aromatic N) is 2. The molecule has 0 spiro atoms. The number of amides is 2. The first-order valence-electron chi connectivity index (χ1n) is 8.77. The Kier molecular flexibility index (Phi) is 6.27. The van der Waals surface area contributed by atoms with Gasteiger partial charge < -0.3 is 10.2 Å². The van der Waals surface area contributed by atoms with Crippen molar-refractivity contribution >= 4 is 34.8 Å². The van der Waals surface area contributed by atoms with E-state index < -0.39 is 0 Å². The smallest absolute Gasteiger partial charge is 0.255 e. The second-order valence-corrected chi connectivity index (χ2v) is 7.78. The number of carbonyl (C=O) groups excluding carboxylic acids is 2. The second-order valence-electron chi connectivity index (χ2n) is 6.48. The molecule has 1 aliphatic heterocycles. The molecule has 3 rings (SSSR count). The number of piperidine rings is 1. The number of aromatic nitrogens is 1. The minimum Gasteiger partial charge on any atom is -0.356 e. The normalized spacial score (nSPS) is 17.2. The average Bonchev–Trinajstić information content (AvgIpc) is 3.10. The first-order valence-corrected chi connectivity index (χ1v) is 10.0. The molecule has 2 amide bonds. The highest BCUT2D eigenvalue weighted by Gasteiger charge is 2.28. The highest BCUT2D eigenvalue weighted by Crippen LogP contribution is 2.30. The predicted molar refractivity (Wildman–Crippen MR) is 104 cm³/mol. The summed E-state index contributed by atoms with van der Waals surface area (Å²) < 4.78 is 0. The van der Waals surface area contributed by atoms with Crippen molar-refractivity contribution in [1.29, 1.82) is 0 Å². The number of halogens is 1. The van der Waals surface area contributed by atoms with Crippen molar-refractivity contribution in [2.45, 2.75) is 32.1 Å². The fraction of sp³-hybridized carbons (Fsp3) is 0.421. The van der Waals surface area contributed by atoms with Gasteiger partial charge in [0.15, 0.2) is 0 Å². The average molecular weight is 392 g/mol. The van der Waals surface area contributed by atoms with Crippen LogP contribution >= 0.6 is 22.9 Å². The number of hydrogen-bond acceptors (Lipinski definition) is 4. The Morgan fingerprint density at radius 3 is 2.96 bits per heavy atom. The van der Waals surface area contributed by atoms with Gasteiger partial charge in [-0.15, -0.1) is 11.3 Å². The highest BCUT2D eigenvalue weighted by molar-refractivity contribution is 7.09. The summed E-state index contributed by atoms with van der Waals surface area (Å²) in [5, 5.41) is 6.40. The van der Waals surface area contributed by atoms with Gasteiger partial charge in [0, 0.05) is 44.3 Å². The number of rotatable bonds is 5. The molecule has 1 aromatic heterocycles. The Hall–Kier alpha value is -1.92. The molecule has 5 nitrogen and oxygen atoms in total. The van der Waals surface area contributed by atoms with Crippen LogP contribution in [0.1, 0.15) is 46.7 Å². The molecule has 2 aromatic rings. The number of benzene rings is 1. The molecule has 0 bridgehead atoms. The molecular weight excluding hydrogens is 370 g/mol. The summed E-state index contributed by atoms with van der Waals surface area (Å²) in [7, 11) is 0. The summed E-state index contributed by atoms with van der Waals surface area (Å²) in [6, 6.07) is 7.19. The lowest BCUT2D eigenvalue weighted by molar-refractivity contribution is -0.118. The summed E-state index contributed by atoms with van der Waals surface area (Å²) >= 11 is 7.82. The predicted octanol–water partition coefficient (Wildman–Crippen LogP) is 3.49. The van der Waals surface area contributed by atoms with Gasteiger partial charge in [-0.2, -0.15) is 0 Å². The van der Waals surface area contributed by atoms with Crippen molar-refractivity contribution in [3.8, 4) is 0 Å². The third kappa shape index (κ3) is 4.62. The van der Waals surface area contributed by atoms with Crippen molar-refractivity contribution in [2.75, 3.05) is 19.6 Å². The van der Waals surface area contributed by atoms with E-state index in [0.717, 1.165) is 36.5 Å². The Morgan fingerprint density at radius 2 is 2.19 bits per heavy atom. The van der Waals surface area contributed by atoms with Gasteiger partial charge in [0.2, 0.25) is 5.91 Å². The summed E-state index contributed by atoms with van der Waals surface area (Å²) in [6.45, 7) is 3.53. The molecule has 0 radical (unpaired) electrons. The molecule has 1 aromatic carbocycles. The minimum atomic E-state index is -0.0264. The molecule has 138 valence electrons. The summed E-state index contributed by atoms with van der Waals surface area (Å²) in [5.74, 6) is 0.221. The molecule has 0 unspecified atom stereocenters.